The highest BCUT2D eigenvalue weighted by atomic mass is 32.2. The summed E-state index contributed by atoms with van der Waals surface area (Å²) in [5.74, 6) is 0.122. The maximum absolute atomic E-state index is 14.1. The van der Waals surface area contributed by atoms with E-state index < -0.39 is 29.3 Å². The average molecular weight is 508 g/mol. The highest BCUT2D eigenvalue weighted by Crippen LogP contribution is 2.28. The molecule has 0 aromatic heterocycles. The number of amides is 3. The van der Waals surface area contributed by atoms with Gasteiger partial charge in [0.15, 0.2) is 0 Å². The predicted molar refractivity (Wildman–Crippen MR) is 145 cm³/mol. The number of carbonyl (C=O) groups is 3. The SMILES string of the molecule is CCC(C)N(C(=O)C(CCSC)NC(=O)OC(C)(C)C)C(C(=O)NC(C)(C)C)c1cccc(C)c1. The molecular formula is C27H45N3O4S. The molecular weight excluding hydrogens is 462 g/mol. The van der Waals surface area contributed by atoms with Gasteiger partial charge in [-0.25, -0.2) is 4.79 Å². The Bertz CT molecular complexity index is 861. The van der Waals surface area contributed by atoms with Crippen molar-refractivity contribution in [1.82, 2.24) is 15.5 Å². The molecule has 3 amide bonds. The fourth-order valence-electron chi connectivity index (χ4n) is 3.63. The van der Waals surface area contributed by atoms with Crippen molar-refractivity contribution in [2.75, 3.05) is 12.0 Å². The molecule has 1 rings (SSSR count). The van der Waals surface area contributed by atoms with Gasteiger partial charge < -0.3 is 20.3 Å². The molecule has 0 aliphatic carbocycles. The smallest absolute Gasteiger partial charge is 0.408 e. The first-order valence-corrected chi connectivity index (χ1v) is 13.7. The van der Waals surface area contributed by atoms with Gasteiger partial charge >= 0.3 is 6.09 Å². The van der Waals surface area contributed by atoms with Crippen LogP contribution in [0.4, 0.5) is 4.79 Å². The molecule has 198 valence electrons. The molecule has 0 bridgehead atoms. The first-order chi connectivity index (χ1) is 16.1. The Hall–Kier alpha value is -2.22. The van der Waals surface area contributed by atoms with Gasteiger partial charge in [0.25, 0.3) is 0 Å². The van der Waals surface area contributed by atoms with Gasteiger partial charge in [0.2, 0.25) is 11.8 Å². The highest BCUT2D eigenvalue weighted by molar-refractivity contribution is 7.98. The van der Waals surface area contributed by atoms with E-state index in [1.807, 2.05) is 72.1 Å². The number of hydrogen-bond acceptors (Lipinski definition) is 5. The molecule has 0 heterocycles. The fraction of sp³-hybridized carbons (Fsp3) is 0.667. The zero-order chi connectivity index (χ0) is 27.0. The number of rotatable bonds is 10. The largest absolute Gasteiger partial charge is 0.444 e. The lowest BCUT2D eigenvalue weighted by molar-refractivity contribution is -0.145. The first kappa shape index (κ1) is 30.8. The molecule has 1 aromatic carbocycles. The van der Waals surface area contributed by atoms with Crippen molar-refractivity contribution in [3.8, 4) is 0 Å². The molecule has 0 aliphatic rings. The van der Waals surface area contributed by atoms with Crippen LogP contribution < -0.4 is 10.6 Å². The second-order valence-electron chi connectivity index (χ2n) is 11.0. The van der Waals surface area contributed by atoms with Gasteiger partial charge in [0.1, 0.15) is 17.7 Å². The summed E-state index contributed by atoms with van der Waals surface area (Å²) in [6, 6.07) is 5.77. The van der Waals surface area contributed by atoms with Crippen LogP contribution in [0.25, 0.3) is 0 Å². The van der Waals surface area contributed by atoms with E-state index in [2.05, 4.69) is 10.6 Å². The van der Waals surface area contributed by atoms with Crippen LogP contribution in [0, 0.1) is 6.92 Å². The molecule has 0 radical (unpaired) electrons. The number of thioether (sulfide) groups is 1. The lowest BCUT2D eigenvalue weighted by Crippen LogP contribution is -2.57. The lowest BCUT2D eigenvalue weighted by Gasteiger charge is -2.39. The average Bonchev–Trinajstić information content (AvgIpc) is 2.71. The second kappa shape index (κ2) is 13.2. The summed E-state index contributed by atoms with van der Waals surface area (Å²) >= 11 is 1.59. The van der Waals surface area contributed by atoms with E-state index in [-0.39, 0.29) is 17.9 Å². The van der Waals surface area contributed by atoms with Crippen LogP contribution in [-0.4, -0.2) is 58.0 Å². The molecule has 7 nitrogen and oxygen atoms in total. The summed E-state index contributed by atoms with van der Waals surface area (Å²) in [6.45, 7) is 17.0. The van der Waals surface area contributed by atoms with Crippen LogP contribution in [0.5, 0.6) is 0 Å². The van der Waals surface area contributed by atoms with Crippen molar-refractivity contribution >= 4 is 29.7 Å². The third-order valence-corrected chi connectivity index (χ3v) is 5.95. The normalized spacial score (nSPS) is 14.5. The van der Waals surface area contributed by atoms with Crippen LogP contribution in [0.2, 0.25) is 0 Å². The van der Waals surface area contributed by atoms with Gasteiger partial charge in [-0.2, -0.15) is 11.8 Å². The van der Waals surface area contributed by atoms with E-state index in [0.29, 0.717) is 18.6 Å². The number of hydrogen-bond donors (Lipinski definition) is 2. The molecule has 1 aromatic rings. The van der Waals surface area contributed by atoms with Crippen molar-refractivity contribution in [3.05, 3.63) is 35.4 Å². The topological polar surface area (TPSA) is 87.7 Å². The summed E-state index contributed by atoms with van der Waals surface area (Å²) in [6.07, 6.45) is 2.38. The van der Waals surface area contributed by atoms with Gasteiger partial charge in [-0.15, -0.1) is 0 Å². The number of nitrogens with one attached hydrogen (secondary N) is 2. The van der Waals surface area contributed by atoms with Gasteiger partial charge in [0.05, 0.1) is 0 Å². The minimum Gasteiger partial charge on any atom is -0.444 e. The van der Waals surface area contributed by atoms with E-state index in [0.717, 1.165) is 11.1 Å². The lowest BCUT2D eigenvalue weighted by atomic mass is 9.97. The predicted octanol–water partition coefficient (Wildman–Crippen LogP) is 5.22. The van der Waals surface area contributed by atoms with Crippen LogP contribution in [0.15, 0.2) is 24.3 Å². The van der Waals surface area contributed by atoms with Gasteiger partial charge in [0, 0.05) is 11.6 Å². The van der Waals surface area contributed by atoms with Crippen molar-refractivity contribution in [1.29, 1.82) is 0 Å². The van der Waals surface area contributed by atoms with Crippen molar-refractivity contribution in [2.24, 2.45) is 0 Å². The molecule has 0 spiro atoms. The Morgan fingerprint density at radius 3 is 2.23 bits per heavy atom. The van der Waals surface area contributed by atoms with E-state index in [1.54, 1.807) is 37.4 Å². The summed E-state index contributed by atoms with van der Waals surface area (Å²) in [7, 11) is 0. The van der Waals surface area contributed by atoms with Crippen LogP contribution in [0.1, 0.15) is 85.4 Å². The van der Waals surface area contributed by atoms with Crippen molar-refractivity contribution < 1.29 is 19.1 Å². The number of carbonyl (C=O) groups excluding carboxylic acids is 3. The van der Waals surface area contributed by atoms with Crippen molar-refractivity contribution in [2.45, 2.75) is 104 Å². The second-order valence-corrected chi connectivity index (χ2v) is 12.0. The summed E-state index contributed by atoms with van der Waals surface area (Å²) in [4.78, 5) is 42.0. The zero-order valence-electron chi connectivity index (χ0n) is 23.2. The minimum absolute atomic E-state index is 0.240. The Morgan fingerprint density at radius 1 is 1.11 bits per heavy atom. The van der Waals surface area contributed by atoms with Gasteiger partial charge in [-0.3, -0.25) is 9.59 Å². The van der Waals surface area contributed by atoms with Crippen LogP contribution in [0.3, 0.4) is 0 Å². The number of ether oxygens (including phenoxy) is 1. The molecule has 2 N–H and O–H groups in total. The highest BCUT2D eigenvalue weighted by Gasteiger charge is 2.39. The summed E-state index contributed by atoms with van der Waals surface area (Å²) < 4.78 is 5.43. The quantitative estimate of drug-likeness (QED) is 0.453. The number of alkyl carbamates (subject to hydrolysis) is 1. The molecule has 3 atom stereocenters. The third-order valence-electron chi connectivity index (χ3n) is 5.30. The zero-order valence-corrected chi connectivity index (χ0v) is 24.0. The Morgan fingerprint density at radius 2 is 1.74 bits per heavy atom. The van der Waals surface area contributed by atoms with E-state index in [1.165, 1.54) is 0 Å². The standard InChI is InChI=1S/C27H45N3O4S/c1-11-19(3)30(24(32)21(15-16-35-10)28-25(33)34-27(7,8)9)22(23(31)29-26(4,5)6)20-14-12-13-18(2)17-20/h12-14,17,19,21-22H,11,15-16H2,1-10H3,(H,28,33)(H,29,31). The molecule has 35 heavy (non-hydrogen) atoms. The van der Waals surface area contributed by atoms with Gasteiger partial charge in [-0.05, 0) is 85.8 Å². The summed E-state index contributed by atoms with van der Waals surface area (Å²) in [5, 5.41) is 5.83. The third kappa shape index (κ3) is 10.5. The van der Waals surface area contributed by atoms with E-state index >= 15 is 0 Å². The Balaban J connectivity index is 3.53. The maximum atomic E-state index is 14.1. The first-order valence-electron chi connectivity index (χ1n) is 12.3. The number of benzene rings is 1. The number of nitrogens with zero attached hydrogens (tertiary/aromatic N) is 1. The van der Waals surface area contributed by atoms with E-state index in [9.17, 15) is 14.4 Å². The van der Waals surface area contributed by atoms with Crippen LogP contribution >= 0.6 is 11.8 Å². The fourth-order valence-corrected chi connectivity index (χ4v) is 4.11. The van der Waals surface area contributed by atoms with Crippen molar-refractivity contribution in [3.63, 3.8) is 0 Å². The Labute approximate surface area is 216 Å². The minimum atomic E-state index is -0.839. The molecule has 0 aliphatic heterocycles. The maximum Gasteiger partial charge on any atom is 0.408 e. The summed E-state index contributed by atoms with van der Waals surface area (Å²) in [5.41, 5.74) is 0.570. The molecule has 0 fully saturated rings. The Kier molecular flexibility index (Phi) is 11.6. The molecule has 0 saturated heterocycles. The molecule has 0 saturated carbocycles. The van der Waals surface area contributed by atoms with Crippen LogP contribution in [-0.2, 0) is 14.3 Å². The monoisotopic (exact) mass is 507 g/mol. The van der Waals surface area contributed by atoms with E-state index in [4.69, 9.17) is 4.74 Å². The van der Waals surface area contributed by atoms with Gasteiger partial charge in [-0.1, -0.05) is 36.8 Å². The molecule has 8 heteroatoms. The molecule has 3 unspecified atom stereocenters. The number of aryl methyl sites for hydroxylation is 1.